The van der Waals surface area contributed by atoms with Gasteiger partial charge in [0, 0.05) is 13.1 Å². The molecule has 1 aromatic rings. The highest BCUT2D eigenvalue weighted by Crippen LogP contribution is 2.25. The van der Waals surface area contributed by atoms with Gasteiger partial charge in [-0.15, -0.1) is 0 Å². The lowest BCUT2D eigenvalue weighted by Crippen LogP contribution is -2.32. The highest BCUT2D eigenvalue weighted by molar-refractivity contribution is 7.89. The molecule has 2 N–H and O–H groups in total. The van der Waals surface area contributed by atoms with Crippen molar-refractivity contribution in [2.45, 2.75) is 32.1 Å². The molecule has 0 fully saturated rings. The number of benzene rings is 1. The third-order valence-corrected chi connectivity index (χ3v) is 4.61. The van der Waals surface area contributed by atoms with Crippen molar-refractivity contribution in [2.24, 2.45) is 0 Å². The second-order valence-electron chi connectivity index (χ2n) is 4.74. The predicted octanol–water partition coefficient (Wildman–Crippen LogP) is 1.59. The lowest BCUT2D eigenvalue weighted by molar-refractivity contribution is 0.411. The summed E-state index contributed by atoms with van der Waals surface area (Å²) in [6.45, 7) is 7.57. The molecule has 0 heterocycles. The SMILES string of the molecule is CCCNCCNS(=O)(=O)c1cc(C)c(OC)cc1C. The van der Waals surface area contributed by atoms with E-state index in [4.69, 9.17) is 4.74 Å². The Morgan fingerprint density at radius 1 is 1.10 bits per heavy atom. The topological polar surface area (TPSA) is 67.4 Å². The van der Waals surface area contributed by atoms with Gasteiger partial charge in [0.1, 0.15) is 5.75 Å². The Morgan fingerprint density at radius 2 is 1.80 bits per heavy atom. The molecule has 1 rings (SSSR count). The summed E-state index contributed by atoms with van der Waals surface area (Å²) >= 11 is 0. The van der Waals surface area contributed by atoms with Crippen molar-refractivity contribution in [1.82, 2.24) is 10.0 Å². The molecule has 5 nitrogen and oxygen atoms in total. The first-order valence-electron chi connectivity index (χ1n) is 6.78. The van der Waals surface area contributed by atoms with E-state index in [-0.39, 0.29) is 0 Å². The maximum Gasteiger partial charge on any atom is 0.240 e. The minimum atomic E-state index is -3.47. The van der Waals surface area contributed by atoms with Crippen molar-refractivity contribution in [1.29, 1.82) is 0 Å². The van der Waals surface area contributed by atoms with Crippen molar-refractivity contribution in [3.63, 3.8) is 0 Å². The molecule has 0 aliphatic rings. The summed E-state index contributed by atoms with van der Waals surface area (Å²) in [7, 11) is -1.89. The molecule has 20 heavy (non-hydrogen) atoms. The van der Waals surface area contributed by atoms with E-state index in [1.807, 2.05) is 6.92 Å². The van der Waals surface area contributed by atoms with Gasteiger partial charge < -0.3 is 10.1 Å². The molecule has 1 aromatic carbocycles. The Bertz CT molecular complexity index is 542. The number of sulfonamides is 1. The van der Waals surface area contributed by atoms with Crippen LogP contribution in [0.1, 0.15) is 24.5 Å². The van der Waals surface area contributed by atoms with Crippen LogP contribution >= 0.6 is 0 Å². The molecule has 0 aromatic heterocycles. The van der Waals surface area contributed by atoms with E-state index < -0.39 is 10.0 Å². The van der Waals surface area contributed by atoms with Crippen LogP contribution < -0.4 is 14.8 Å². The van der Waals surface area contributed by atoms with Crippen LogP contribution in [0.15, 0.2) is 17.0 Å². The highest BCUT2D eigenvalue weighted by atomic mass is 32.2. The molecule has 6 heteroatoms. The minimum Gasteiger partial charge on any atom is -0.496 e. The van der Waals surface area contributed by atoms with E-state index in [0.29, 0.717) is 29.3 Å². The zero-order valence-corrected chi connectivity index (χ0v) is 13.4. The molecule has 0 atom stereocenters. The number of methoxy groups -OCH3 is 1. The van der Waals surface area contributed by atoms with Crippen molar-refractivity contribution >= 4 is 10.0 Å². The number of aryl methyl sites for hydroxylation is 2. The lowest BCUT2D eigenvalue weighted by atomic mass is 10.1. The molecule has 0 bridgehead atoms. The predicted molar refractivity (Wildman–Crippen MR) is 80.8 cm³/mol. The van der Waals surface area contributed by atoms with Crippen LogP contribution in [0.2, 0.25) is 0 Å². The Kier molecular flexibility index (Phi) is 6.45. The maximum absolute atomic E-state index is 12.3. The first-order chi connectivity index (χ1) is 9.42. The fourth-order valence-corrected chi connectivity index (χ4v) is 3.27. The largest absolute Gasteiger partial charge is 0.496 e. The van der Waals surface area contributed by atoms with Gasteiger partial charge in [0.15, 0.2) is 0 Å². The molecule has 0 saturated heterocycles. The van der Waals surface area contributed by atoms with Crippen molar-refractivity contribution in [3.05, 3.63) is 23.3 Å². The molecule has 0 unspecified atom stereocenters. The summed E-state index contributed by atoms with van der Waals surface area (Å²) in [5, 5.41) is 3.16. The first kappa shape index (κ1) is 16.9. The van der Waals surface area contributed by atoms with Gasteiger partial charge in [-0.05, 0) is 50.1 Å². The number of ether oxygens (including phenoxy) is 1. The summed E-state index contributed by atoms with van der Waals surface area (Å²) in [5.41, 5.74) is 1.49. The molecule has 0 amide bonds. The van der Waals surface area contributed by atoms with Gasteiger partial charge in [-0.1, -0.05) is 6.92 Å². The zero-order chi connectivity index (χ0) is 15.2. The average Bonchev–Trinajstić information content (AvgIpc) is 2.40. The highest BCUT2D eigenvalue weighted by Gasteiger charge is 2.18. The van der Waals surface area contributed by atoms with Gasteiger partial charge in [0.05, 0.1) is 12.0 Å². The monoisotopic (exact) mass is 300 g/mol. The van der Waals surface area contributed by atoms with Gasteiger partial charge in [0.2, 0.25) is 10.0 Å². The maximum atomic E-state index is 12.3. The van der Waals surface area contributed by atoms with Crippen LogP contribution in [0.3, 0.4) is 0 Å². The van der Waals surface area contributed by atoms with E-state index in [9.17, 15) is 8.42 Å². The fraction of sp³-hybridized carbons (Fsp3) is 0.571. The minimum absolute atomic E-state index is 0.311. The molecular weight excluding hydrogens is 276 g/mol. The number of hydrogen-bond donors (Lipinski definition) is 2. The summed E-state index contributed by atoms with van der Waals surface area (Å²) < 4.78 is 32.3. The zero-order valence-electron chi connectivity index (χ0n) is 12.6. The van der Waals surface area contributed by atoms with Gasteiger partial charge in [-0.25, -0.2) is 13.1 Å². The molecule has 0 aliphatic heterocycles. The summed E-state index contributed by atoms with van der Waals surface area (Å²) in [5.74, 6) is 0.700. The first-order valence-corrected chi connectivity index (χ1v) is 8.26. The van der Waals surface area contributed by atoms with Crippen molar-refractivity contribution in [2.75, 3.05) is 26.7 Å². The van der Waals surface area contributed by atoms with E-state index in [1.165, 1.54) is 0 Å². The third kappa shape index (κ3) is 4.47. The summed E-state index contributed by atoms with van der Waals surface area (Å²) in [6, 6.07) is 3.40. The summed E-state index contributed by atoms with van der Waals surface area (Å²) in [4.78, 5) is 0.311. The van der Waals surface area contributed by atoms with E-state index in [0.717, 1.165) is 18.5 Å². The van der Waals surface area contributed by atoms with Crippen LogP contribution in [0.4, 0.5) is 0 Å². The van der Waals surface area contributed by atoms with Crippen LogP contribution in [-0.2, 0) is 10.0 Å². The molecule has 0 spiro atoms. The molecule has 114 valence electrons. The summed E-state index contributed by atoms with van der Waals surface area (Å²) in [6.07, 6.45) is 1.03. The molecular formula is C14H24N2O3S. The number of nitrogens with one attached hydrogen (secondary N) is 2. The second-order valence-corrected chi connectivity index (χ2v) is 6.47. The Hall–Kier alpha value is -1.11. The lowest BCUT2D eigenvalue weighted by Gasteiger charge is -2.13. The number of hydrogen-bond acceptors (Lipinski definition) is 4. The van der Waals surface area contributed by atoms with Crippen LogP contribution in [0.25, 0.3) is 0 Å². The molecule has 0 aliphatic carbocycles. The van der Waals surface area contributed by atoms with Crippen molar-refractivity contribution < 1.29 is 13.2 Å². The van der Waals surface area contributed by atoms with Gasteiger partial charge in [-0.3, -0.25) is 0 Å². The van der Waals surface area contributed by atoms with Crippen LogP contribution in [0, 0.1) is 13.8 Å². The standard InChI is InChI=1S/C14H24N2O3S/c1-5-6-15-7-8-16-20(17,18)14-10-11(2)13(19-4)9-12(14)3/h9-10,15-16H,5-8H2,1-4H3. The third-order valence-electron chi connectivity index (χ3n) is 3.00. The quantitative estimate of drug-likeness (QED) is 0.716. The van der Waals surface area contributed by atoms with Gasteiger partial charge in [-0.2, -0.15) is 0 Å². The van der Waals surface area contributed by atoms with E-state index in [2.05, 4.69) is 17.0 Å². The Balaban J connectivity index is 2.80. The fourth-order valence-electron chi connectivity index (χ4n) is 1.93. The molecule has 0 saturated carbocycles. The van der Waals surface area contributed by atoms with Gasteiger partial charge >= 0.3 is 0 Å². The second kappa shape index (κ2) is 7.61. The van der Waals surface area contributed by atoms with Crippen molar-refractivity contribution in [3.8, 4) is 5.75 Å². The smallest absolute Gasteiger partial charge is 0.240 e. The van der Waals surface area contributed by atoms with E-state index in [1.54, 1.807) is 26.2 Å². The van der Waals surface area contributed by atoms with Gasteiger partial charge in [0.25, 0.3) is 0 Å². The number of rotatable bonds is 8. The Morgan fingerprint density at radius 3 is 2.40 bits per heavy atom. The average molecular weight is 300 g/mol. The van der Waals surface area contributed by atoms with E-state index >= 15 is 0 Å². The van der Waals surface area contributed by atoms with Crippen LogP contribution in [0.5, 0.6) is 5.75 Å². The Labute approximate surface area is 121 Å². The normalized spacial score (nSPS) is 11.6. The van der Waals surface area contributed by atoms with Crippen LogP contribution in [-0.4, -0.2) is 35.2 Å². The molecule has 0 radical (unpaired) electrons.